The number of aryl methyl sites for hydroxylation is 1. The number of hydrogen-bond acceptors (Lipinski definition) is 4. The topological polar surface area (TPSA) is 55.8 Å². The summed E-state index contributed by atoms with van der Waals surface area (Å²) < 4.78 is 10.7. The molecule has 0 spiro atoms. The van der Waals surface area contributed by atoms with E-state index in [9.17, 15) is 9.90 Å². The SMILES string of the molecule is CC(=O)O[C@H]1CC=CO[C@@H]1C(O)c1ccccc1C. The van der Waals surface area contributed by atoms with Crippen LogP contribution < -0.4 is 0 Å². The molecule has 1 N–H and O–H groups in total. The van der Waals surface area contributed by atoms with Crippen LogP contribution in [-0.4, -0.2) is 23.3 Å². The molecule has 2 rings (SSSR count). The fourth-order valence-corrected chi connectivity index (χ4v) is 2.26. The number of rotatable bonds is 3. The Labute approximate surface area is 112 Å². The van der Waals surface area contributed by atoms with E-state index in [1.165, 1.54) is 6.92 Å². The van der Waals surface area contributed by atoms with Gasteiger partial charge in [0.15, 0.2) is 6.10 Å². The largest absolute Gasteiger partial charge is 0.491 e. The minimum atomic E-state index is -0.824. The normalized spacial score (nSPS) is 23.5. The maximum Gasteiger partial charge on any atom is 0.303 e. The van der Waals surface area contributed by atoms with Crippen molar-refractivity contribution in [2.75, 3.05) is 0 Å². The van der Waals surface area contributed by atoms with Crippen LogP contribution >= 0.6 is 0 Å². The lowest BCUT2D eigenvalue weighted by molar-refractivity contribution is -0.159. The molecule has 4 nitrogen and oxygen atoms in total. The molecule has 102 valence electrons. The Bertz CT molecular complexity index is 481. The third-order valence-corrected chi connectivity index (χ3v) is 3.20. The Balaban J connectivity index is 2.20. The molecule has 0 bridgehead atoms. The average molecular weight is 262 g/mol. The fraction of sp³-hybridized carbons (Fsp3) is 0.400. The Kier molecular flexibility index (Phi) is 4.22. The van der Waals surface area contributed by atoms with E-state index in [0.29, 0.717) is 6.42 Å². The van der Waals surface area contributed by atoms with E-state index < -0.39 is 18.3 Å². The van der Waals surface area contributed by atoms with Gasteiger partial charge in [0.2, 0.25) is 0 Å². The number of aliphatic hydroxyl groups is 1. The van der Waals surface area contributed by atoms with Crippen LogP contribution in [0.15, 0.2) is 36.6 Å². The average Bonchev–Trinajstić information content (AvgIpc) is 2.38. The molecule has 0 aliphatic carbocycles. The second kappa shape index (κ2) is 5.89. The summed E-state index contributed by atoms with van der Waals surface area (Å²) >= 11 is 0. The summed E-state index contributed by atoms with van der Waals surface area (Å²) in [4.78, 5) is 11.1. The molecule has 0 radical (unpaired) electrons. The summed E-state index contributed by atoms with van der Waals surface area (Å²) in [6.07, 6.45) is 2.02. The molecule has 3 atom stereocenters. The number of carbonyl (C=O) groups is 1. The first-order valence-corrected chi connectivity index (χ1v) is 6.31. The van der Waals surface area contributed by atoms with Gasteiger partial charge in [-0.05, 0) is 24.1 Å². The quantitative estimate of drug-likeness (QED) is 0.849. The van der Waals surface area contributed by atoms with E-state index in [1.807, 2.05) is 31.2 Å². The van der Waals surface area contributed by atoms with Crippen molar-refractivity contribution in [3.05, 3.63) is 47.7 Å². The zero-order valence-corrected chi connectivity index (χ0v) is 11.1. The molecule has 0 fully saturated rings. The van der Waals surface area contributed by atoms with Gasteiger partial charge in [-0.15, -0.1) is 0 Å². The molecule has 1 aliphatic heterocycles. The summed E-state index contributed by atoms with van der Waals surface area (Å²) in [5.41, 5.74) is 1.77. The standard InChI is InChI=1S/C15H18O4/c1-10-6-3-4-7-12(10)14(17)15-13(19-11(2)16)8-5-9-18-15/h3-7,9,13-15,17H,8H2,1-2H3/t13-,14?,15-/m0/s1. The Morgan fingerprint density at radius 3 is 2.89 bits per heavy atom. The summed E-state index contributed by atoms with van der Waals surface area (Å²) in [5, 5.41) is 10.5. The van der Waals surface area contributed by atoms with E-state index in [-0.39, 0.29) is 5.97 Å². The van der Waals surface area contributed by atoms with E-state index in [1.54, 1.807) is 12.3 Å². The Morgan fingerprint density at radius 2 is 2.21 bits per heavy atom. The van der Waals surface area contributed by atoms with Gasteiger partial charge in [0.1, 0.15) is 12.2 Å². The highest BCUT2D eigenvalue weighted by Gasteiger charge is 2.34. The molecule has 1 unspecified atom stereocenters. The van der Waals surface area contributed by atoms with Gasteiger partial charge < -0.3 is 14.6 Å². The lowest BCUT2D eigenvalue weighted by atomic mass is 9.94. The lowest BCUT2D eigenvalue weighted by Gasteiger charge is -2.32. The van der Waals surface area contributed by atoms with Gasteiger partial charge in [-0.3, -0.25) is 4.79 Å². The third-order valence-electron chi connectivity index (χ3n) is 3.20. The second-order valence-corrected chi connectivity index (χ2v) is 4.66. The zero-order valence-electron chi connectivity index (χ0n) is 11.1. The van der Waals surface area contributed by atoms with Crippen molar-refractivity contribution in [2.45, 2.75) is 38.6 Å². The zero-order chi connectivity index (χ0) is 13.8. The van der Waals surface area contributed by atoms with Gasteiger partial charge >= 0.3 is 5.97 Å². The van der Waals surface area contributed by atoms with Crippen molar-refractivity contribution in [3.8, 4) is 0 Å². The van der Waals surface area contributed by atoms with Crippen LogP contribution in [0.25, 0.3) is 0 Å². The molecule has 0 saturated carbocycles. The Morgan fingerprint density at radius 1 is 1.47 bits per heavy atom. The van der Waals surface area contributed by atoms with E-state index in [2.05, 4.69) is 0 Å². The lowest BCUT2D eigenvalue weighted by Crippen LogP contribution is -2.38. The van der Waals surface area contributed by atoms with Crippen LogP contribution in [0, 0.1) is 6.92 Å². The number of aliphatic hydroxyl groups excluding tert-OH is 1. The molecular weight excluding hydrogens is 244 g/mol. The maximum atomic E-state index is 11.1. The van der Waals surface area contributed by atoms with Crippen LogP contribution in [0.2, 0.25) is 0 Å². The van der Waals surface area contributed by atoms with E-state index in [4.69, 9.17) is 9.47 Å². The monoisotopic (exact) mass is 262 g/mol. The number of ether oxygens (including phenoxy) is 2. The van der Waals surface area contributed by atoms with Crippen LogP contribution in [0.1, 0.15) is 30.6 Å². The first-order valence-electron chi connectivity index (χ1n) is 6.31. The van der Waals surface area contributed by atoms with Gasteiger partial charge in [-0.25, -0.2) is 0 Å². The van der Waals surface area contributed by atoms with Crippen molar-refractivity contribution < 1.29 is 19.4 Å². The van der Waals surface area contributed by atoms with Crippen LogP contribution in [0.4, 0.5) is 0 Å². The summed E-state index contributed by atoms with van der Waals surface area (Å²) in [7, 11) is 0. The molecule has 1 aromatic rings. The number of carbonyl (C=O) groups excluding carboxylic acids is 1. The number of hydrogen-bond donors (Lipinski definition) is 1. The molecule has 0 saturated heterocycles. The number of benzene rings is 1. The highest BCUT2D eigenvalue weighted by atomic mass is 16.6. The first-order chi connectivity index (χ1) is 9.09. The number of esters is 1. The highest BCUT2D eigenvalue weighted by molar-refractivity contribution is 5.66. The van der Waals surface area contributed by atoms with E-state index in [0.717, 1.165) is 11.1 Å². The predicted molar refractivity (Wildman–Crippen MR) is 70.3 cm³/mol. The van der Waals surface area contributed by atoms with Crippen LogP contribution in [-0.2, 0) is 14.3 Å². The van der Waals surface area contributed by atoms with Gasteiger partial charge in [0.05, 0.1) is 6.26 Å². The summed E-state index contributed by atoms with van der Waals surface area (Å²) in [5.74, 6) is -0.370. The molecular formula is C15H18O4. The van der Waals surface area contributed by atoms with Crippen molar-refractivity contribution in [3.63, 3.8) is 0 Å². The second-order valence-electron chi connectivity index (χ2n) is 4.66. The van der Waals surface area contributed by atoms with Crippen molar-refractivity contribution >= 4 is 5.97 Å². The van der Waals surface area contributed by atoms with Gasteiger partial charge in [-0.1, -0.05) is 24.3 Å². The Hall–Kier alpha value is -1.81. The van der Waals surface area contributed by atoms with Gasteiger partial charge in [0.25, 0.3) is 0 Å². The molecule has 4 heteroatoms. The predicted octanol–water partition coefficient (Wildman–Crippen LogP) is 2.26. The molecule has 0 aromatic heterocycles. The smallest absolute Gasteiger partial charge is 0.303 e. The van der Waals surface area contributed by atoms with Gasteiger partial charge in [-0.2, -0.15) is 0 Å². The van der Waals surface area contributed by atoms with Crippen molar-refractivity contribution in [2.24, 2.45) is 0 Å². The van der Waals surface area contributed by atoms with Crippen molar-refractivity contribution in [1.29, 1.82) is 0 Å². The highest BCUT2D eigenvalue weighted by Crippen LogP contribution is 2.29. The van der Waals surface area contributed by atoms with Crippen molar-refractivity contribution in [1.82, 2.24) is 0 Å². The molecule has 0 amide bonds. The van der Waals surface area contributed by atoms with Crippen LogP contribution in [0.5, 0.6) is 0 Å². The minimum absolute atomic E-state index is 0.370. The molecule has 1 aliphatic rings. The molecule has 1 heterocycles. The summed E-state index contributed by atoms with van der Waals surface area (Å²) in [6.45, 7) is 3.29. The minimum Gasteiger partial charge on any atom is -0.491 e. The van der Waals surface area contributed by atoms with E-state index >= 15 is 0 Å². The first kappa shape index (κ1) is 13.6. The fourth-order valence-electron chi connectivity index (χ4n) is 2.26. The third kappa shape index (κ3) is 3.15. The van der Waals surface area contributed by atoms with Gasteiger partial charge in [0, 0.05) is 13.3 Å². The maximum absolute atomic E-state index is 11.1. The summed E-state index contributed by atoms with van der Waals surface area (Å²) in [6, 6.07) is 7.56. The molecule has 1 aromatic carbocycles. The molecule has 19 heavy (non-hydrogen) atoms. The van der Waals surface area contributed by atoms with Crippen LogP contribution in [0.3, 0.4) is 0 Å².